The number of aromatic carboxylic acids is 1. The molecule has 7 nitrogen and oxygen atoms in total. The van der Waals surface area contributed by atoms with Crippen molar-refractivity contribution in [3.63, 3.8) is 0 Å². The lowest BCUT2D eigenvalue weighted by Gasteiger charge is -2.21. The van der Waals surface area contributed by atoms with Crippen LogP contribution < -0.4 is 0 Å². The van der Waals surface area contributed by atoms with Gasteiger partial charge in [-0.3, -0.25) is 9.59 Å². The minimum atomic E-state index is -1.70. The molecule has 0 saturated carbocycles. The van der Waals surface area contributed by atoms with Crippen molar-refractivity contribution in [1.29, 1.82) is 0 Å². The summed E-state index contributed by atoms with van der Waals surface area (Å²) >= 11 is 0. The Balaban J connectivity index is 2.50. The second-order valence-corrected chi connectivity index (χ2v) is 4.68. The molecule has 0 heterocycles. The van der Waals surface area contributed by atoms with Crippen LogP contribution in [0.5, 0.6) is 17.2 Å². The molecular formula is C15H8O7. The number of aromatic hydroxyl groups is 3. The highest BCUT2D eigenvalue weighted by Gasteiger charge is 2.39. The number of ketones is 2. The summed E-state index contributed by atoms with van der Waals surface area (Å²) < 4.78 is 0. The van der Waals surface area contributed by atoms with Gasteiger partial charge < -0.3 is 20.4 Å². The van der Waals surface area contributed by atoms with Crippen LogP contribution in [0.4, 0.5) is 0 Å². The van der Waals surface area contributed by atoms with Gasteiger partial charge in [0.15, 0.2) is 23.1 Å². The third kappa shape index (κ3) is 1.53. The van der Waals surface area contributed by atoms with Crippen LogP contribution in [-0.4, -0.2) is 38.0 Å². The number of fused-ring (bicyclic) bond motifs is 2. The van der Waals surface area contributed by atoms with Crippen molar-refractivity contribution in [3.8, 4) is 17.2 Å². The Morgan fingerprint density at radius 2 is 1.27 bits per heavy atom. The highest BCUT2D eigenvalue weighted by Crippen LogP contribution is 2.46. The fourth-order valence-electron chi connectivity index (χ4n) is 2.52. The first-order valence-electron chi connectivity index (χ1n) is 6.08. The van der Waals surface area contributed by atoms with Crippen LogP contribution in [0.1, 0.15) is 42.2 Å². The number of rotatable bonds is 1. The van der Waals surface area contributed by atoms with Gasteiger partial charge >= 0.3 is 5.97 Å². The normalized spacial score (nSPS) is 12.7. The summed E-state index contributed by atoms with van der Waals surface area (Å²) in [7, 11) is 0. The van der Waals surface area contributed by atoms with E-state index in [4.69, 9.17) is 0 Å². The van der Waals surface area contributed by atoms with Crippen molar-refractivity contribution in [3.05, 3.63) is 52.1 Å². The van der Waals surface area contributed by atoms with Gasteiger partial charge in [0.05, 0.1) is 11.1 Å². The zero-order valence-corrected chi connectivity index (χ0v) is 10.8. The van der Waals surface area contributed by atoms with Gasteiger partial charge in [0.1, 0.15) is 5.56 Å². The van der Waals surface area contributed by atoms with E-state index in [-0.39, 0.29) is 11.1 Å². The molecule has 4 N–H and O–H groups in total. The van der Waals surface area contributed by atoms with E-state index in [0.29, 0.717) is 0 Å². The van der Waals surface area contributed by atoms with Gasteiger partial charge in [-0.2, -0.15) is 0 Å². The lowest BCUT2D eigenvalue weighted by molar-refractivity contribution is 0.0688. The van der Waals surface area contributed by atoms with Gasteiger partial charge in [-0.15, -0.1) is 0 Å². The lowest BCUT2D eigenvalue weighted by Crippen LogP contribution is -2.24. The molecule has 0 unspecified atom stereocenters. The van der Waals surface area contributed by atoms with Gasteiger partial charge in [-0.1, -0.05) is 24.3 Å². The van der Waals surface area contributed by atoms with Crippen LogP contribution >= 0.6 is 0 Å². The molecule has 0 atom stereocenters. The number of phenols is 3. The number of hydrogen-bond donors (Lipinski definition) is 4. The second kappa shape index (κ2) is 4.32. The van der Waals surface area contributed by atoms with Crippen molar-refractivity contribution in [1.82, 2.24) is 0 Å². The minimum absolute atomic E-state index is 0.0169. The fraction of sp³-hybridized carbons (Fsp3) is 0. The Morgan fingerprint density at radius 1 is 0.773 bits per heavy atom. The summed E-state index contributed by atoms with van der Waals surface area (Å²) in [6.07, 6.45) is 0. The van der Waals surface area contributed by atoms with Crippen LogP contribution in [-0.2, 0) is 0 Å². The standard InChI is InChI=1S/C15H8O7/c16-10-5-3-1-2-4-6(5)11(17)8-7(10)9(15(21)22)13(19)14(20)12(8)18/h1-4,18-20H,(H,21,22). The molecular weight excluding hydrogens is 292 g/mol. The predicted molar refractivity (Wildman–Crippen MR) is 71.7 cm³/mol. The van der Waals surface area contributed by atoms with Crippen molar-refractivity contribution >= 4 is 17.5 Å². The van der Waals surface area contributed by atoms with Crippen LogP contribution in [0.15, 0.2) is 24.3 Å². The Hall–Kier alpha value is -3.35. The Labute approximate surface area is 122 Å². The molecule has 2 aromatic carbocycles. The van der Waals surface area contributed by atoms with Crippen LogP contribution in [0, 0.1) is 0 Å². The van der Waals surface area contributed by atoms with Crippen molar-refractivity contribution < 1.29 is 34.8 Å². The van der Waals surface area contributed by atoms with Gasteiger partial charge in [0.25, 0.3) is 0 Å². The monoisotopic (exact) mass is 300 g/mol. The van der Waals surface area contributed by atoms with Gasteiger partial charge in [-0.05, 0) is 0 Å². The summed E-state index contributed by atoms with van der Waals surface area (Å²) in [4.78, 5) is 36.2. The largest absolute Gasteiger partial charge is 0.504 e. The maximum atomic E-state index is 12.5. The summed E-state index contributed by atoms with van der Waals surface area (Å²) in [6, 6.07) is 5.69. The average molecular weight is 300 g/mol. The molecule has 0 fully saturated rings. The van der Waals surface area contributed by atoms with Gasteiger partial charge in [0.2, 0.25) is 5.75 Å². The zero-order valence-electron chi connectivity index (χ0n) is 10.8. The Morgan fingerprint density at radius 3 is 1.77 bits per heavy atom. The summed E-state index contributed by atoms with van der Waals surface area (Å²) in [5, 5.41) is 38.4. The third-order valence-electron chi connectivity index (χ3n) is 3.51. The molecule has 0 aromatic heterocycles. The van der Waals surface area contributed by atoms with E-state index in [0.717, 1.165) is 0 Å². The second-order valence-electron chi connectivity index (χ2n) is 4.68. The van der Waals surface area contributed by atoms with E-state index in [1.54, 1.807) is 0 Å². The number of carbonyl (C=O) groups is 3. The molecule has 0 spiro atoms. The summed E-state index contributed by atoms with van der Waals surface area (Å²) in [6.45, 7) is 0. The van der Waals surface area contributed by atoms with Crippen LogP contribution in [0.3, 0.4) is 0 Å². The van der Waals surface area contributed by atoms with Crippen LogP contribution in [0.2, 0.25) is 0 Å². The van der Waals surface area contributed by atoms with E-state index in [1.165, 1.54) is 24.3 Å². The molecule has 7 heteroatoms. The van der Waals surface area contributed by atoms with E-state index < -0.39 is 51.5 Å². The molecule has 0 aliphatic heterocycles. The lowest BCUT2D eigenvalue weighted by atomic mass is 9.80. The molecule has 0 saturated heterocycles. The van der Waals surface area contributed by atoms with E-state index in [1.807, 2.05) is 0 Å². The number of benzene rings is 2. The Bertz CT molecular complexity index is 880. The predicted octanol–water partition coefficient (Wildman–Crippen LogP) is 1.28. The molecule has 0 bridgehead atoms. The SMILES string of the molecule is O=C(O)c1c(O)c(O)c(O)c2c1C(=O)c1ccccc1C2=O. The van der Waals surface area contributed by atoms with Crippen molar-refractivity contribution in [2.75, 3.05) is 0 Å². The maximum Gasteiger partial charge on any atom is 0.340 e. The molecule has 22 heavy (non-hydrogen) atoms. The number of hydrogen-bond acceptors (Lipinski definition) is 6. The molecule has 1 aliphatic carbocycles. The smallest absolute Gasteiger partial charge is 0.340 e. The fourth-order valence-corrected chi connectivity index (χ4v) is 2.52. The van der Waals surface area contributed by atoms with E-state index in [9.17, 15) is 34.8 Å². The molecule has 1 aliphatic rings. The first-order chi connectivity index (χ1) is 10.4. The van der Waals surface area contributed by atoms with E-state index >= 15 is 0 Å². The molecule has 2 aromatic rings. The van der Waals surface area contributed by atoms with Crippen LogP contribution in [0.25, 0.3) is 0 Å². The minimum Gasteiger partial charge on any atom is -0.504 e. The molecule has 0 radical (unpaired) electrons. The number of carboxylic acids is 1. The third-order valence-corrected chi connectivity index (χ3v) is 3.51. The molecule has 3 rings (SSSR count). The highest BCUT2D eigenvalue weighted by molar-refractivity contribution is 6.32. The first kappa shape index (κ1) is 13.6. The topological polar surface area (TPSA) is 132 Å². The Kier molecular flexibility index (Phi) is 2.68. The molecule has 110 valence electrons. The first-order valence-corrected chi connectivity index (χ1v) is 6.08. The quantitative estimate of drug-likeness (QED) is 0.497. The van der Waals surface area contributed by atoms with Gasteiger partial charge in [0, 0.05) is 11.1 Å². The number of carboxylic acid groups (broad SMARTS) is 1. The van der Waals surface area contributed by atoms with Gasteiger partial charge in [-0.25, -0.2) is 4.79 Å². The van der Waals surface area contributed by atoms with Crippen molar-refractivity contribution in [2.24, 2.45) is 0 Å². The number of phenolic OH excluding ortho intramolecular Hbond substituents is 2. The number of carbonyl (C=O) groups excluding carboxylic acids is 2. The maximum absolute atomic E-state index is 12.5. The summed E-state index contributed by atoms with van der Waals surface area (Å²) in [5.41, 5.74) is -2.23. The highest BCUT2D eigenvalue weighted by atomic mass is 16.4. The summed E-state index contributed by atoms with van der Waals surface area (Å²) in [5.74, 6) is -6.68. The van der Waals surface area contributed by atoms with E-state index in [2.05, 4.69) is 0 Å². The average Bonchev–Trinajstić information content (AvgIpc) is 2.49. The van der Waals surface area contributed by atoms with Crippen molar-refractivity contribution in [2.45, 2.75) is 0 Å². The molecule has 0 amide bonds. The zero-order chi connectivity index (χ0) is 16.2.